The molecular formula is C67H130O17P2. The van der Waals surface area contributed by atoms with Gasteiger partial charge >= 0.3 is 39.5 Å². The maximum Gasteiger partial charge on any atom is 0.472 e. The van der Waals surface area contributed by atoms with Gasteiger partial charge in [-0.25, -0.2) is 9.13 Å². The topological polar surface area (TPSA) is 237 Å². The van der Waals surface area contributed by atoms with Crippen LogP contribution in [0, 0.1) is 11.8 Å². The number of rotatable bonds is 66. The van der Waals surface area contributed by atoms with Crippen molar-refractivity contribution in [2.75, 3.05) is 39.6 Å². The molecule has 0 aliphatic carbocycles. The highest BCUT2D eigenvalue weighted by Gasteiger charge is 2.30. The molecule has 2 unspecified atom stereocenters. The first-order valence-electron chi connectivity index (χ1n) is 35.0. The third-order valence-electron chi connectivity index (χ3n) is 15.5. The molecule has 17 nitrogen and oxygen atoms in total. The van der Waals surface area contributed by atoms with Crippen molar-refractivity contribution >= 4 is 39.5 Å². The van der Waals surface area contributed by atoms with Crippen LogP contribution < -0.4 is 0 Å². The average Bonchev–Trinajstić information content (AvgIpc) is 3.63. The summed E-state index contributed by atoms with van der Waals surface area (Å²) in [7, 11) is -9.89. The zero-order chi connectivity index (χ0) is 63.6. The smallest absolute Gasteiger partial charge is 0.462 e. The molecule has 0 rings (SSSR count). The first kappa shape index (κ1) is 84.1. The quantitative estimate of drug-likeness (QED) is 0.0222. The lowest BCUT2D eigenvalue weighted by atomic mass is 10.0. The van der Waals surface area contributed by atoms with Crippen LogP contribution in [0.1, 0.15) is 337 Å². The van der Waals surface area contributed by atoms with Crippen LogP contribution in [0.25, 0.3) is 0 Å². The number of phosphoric acid groups is 2. The summed E-state index contributed by atoms with van der Waals surface area (Å²) in [5.74, 6) is -0.671. The Hall–Kier alpha value is -1.94. The average molecular weight is 1270 g/mol. The van der Waals surface area contributed by atoms with E-state index < -0.39 is 97.5 Å². The number of aliphatic hydroxyl groups is 1. The second kappa shape index (κ2) is 59.4. The van der Waals surface area contributed by atoms with Gasteiger partial charge in [0, 0.05) is 25.7 Å². The molecule has 0 aliphatic rings. The van der Waals surface area contributed by atoms with Crippen molar-refractivity contribution in [3.8, 4) is 0 Å². The van der Waals surface area contributed by atoms with Crippen molar-refractivity contribution in [3.05, 3.63) is 0 Å². The molecule has 0 fully saturated rings. The van der Waals surface area contributed by atoms with Crippen LogP contribution in [0.15, 0.2) is 0 Å². The van der Waals surface area contributed by atoms with E-state index in [1.807, 2.05) is 0 Å². The van der Waals surface area contributed by atoms with Crippen molar-refractivity contribution in [1.82, 2.24) is 0 Å². The number of aliphatic hydroxyl groups excluding tert-OH is 1. The molecule has 0 radical (unpaired) electrons. The van der Waals surface area contributed by atoms with Gasteiger partial charge in [-0.2, -0.15) is 0 Å². The number of carbonyl (C=O) groups excluding carboxylic acids is 4. The molecule has 0 saturated heterocycles. The maximum absolute atomic E-state index is 13.0. The monoisotopic (exact) mass is 1270 g/mol. The van der Waals surface area contributed by atoms with E-state index in [4.69, 9.17) is 37.0 Å². The summed E-state index contributed by atoms with van der Waals surface area (Å²) in [4.78, 5) is 72.4. The highest BCUT2D eigenvalue weighted by atomic mass is 31.2. The number of esters is 4. The Bertz CT molecular complexity index is 1680. The lowest BCUT2D eigenvalue weighted by Gasteiger charge is -2.21. The van der Waals surface area contributed by atoms with Crippen molar-refractivity contribution in [2.45, 2.75) is 355 Å². The van der Waals surface area contributed by atoms with E-state index in [-0.39, 0.29) is 25.7 Å². The van der Waals surface area contributed by atoms with Gasteiger partial charge in [0.15, 0.2) is 12.2 Å². The minimum atomic E-state index is -4.95. The van der Waals surface area contributed by atoms with Crippen molar-refractivity contribution in [1.29, 1.82) is 0 Å². The van der Waals surface area contributed by atoms with Gasteiger partial charge in [0.05, 0.1) is 26.4 Å². The van der Waals surface area contributed by atoms with Crippen molar-refractivity contribution < 1.29 is 80.2 Å². The summed E-state index contributed by atoms with van der Waals surface area (Å²) in [6, 6.07) is 0. The maximum atomic E-state index is 13.0. The first-order valence-corrected chi connectivity index (χ1v) is 38.0. The third kappa shape index (κ3) is 60.9. The van der Waals surface area contributed by atoms with Gasteiger partial charge < -0.3 is 33.8 Å². The largest absolute Gasteiger partial charge is 0.472 e. The number of ether oxygens (including phenoxy) is 4. The second-order valence-corrected chi connectivity index (χ2v) is 28.1. The third-order valence-corrected chi connectivity index (χ3v) is 17.4. The minimum Gasteiger partial charge on any atom is -0.462 e. The van der Waals surface area contributed by atoms with Crippen LogP contribution in [0.5, 0.6) is 0 Å². The van der Waals surface area contributed by atoms with Crippen LogP contribution in [0.3, 0.4) is 0 Å². The molecule has 3 N–H and O–H groups in total. The number of hydrogen-bond acceptors (Lipinski definition) is 15. The normalized spacial score (nSPS) is 14.2. The molecule has 5 atom stereocenters. The Labute approximate surface area is 524 Å². The van der Waals surface area contributed by atoms with Gasteiger partial charge in [-0.1, -0.05) is 286 Å². The van der Waals surface area contributed by atoms with Crippen LogP contribution in [0.2, 0.25) is 0 Å². The molecule has 0 heterocycles. The predicted molar refractivity (Wildman–Crippen MR) is 345 cm³/mol. The first-order chi connectivity index (χ1) is 41.4. The summed E-state index contributed by atoms with van der Waals surface area (Å²) >= 11 is 0. The summed E-state index contributed by atoms with van der Waals surface area (Å²) in [6.45, 7) is 9.45. The van der Waals surface area contributed by atoms with E-state index in [9.17, 15) is 43.2 Å². The van der Waals surface area contributed by atoms with Crippen molar-refractivity contribution in [2.24, 2.45) is 11.8 Å². The van der Waals surface area contributed by atoms with Gasteiger partial charge in [0.2, 0.25) is 0 Å². The summed E-state index contributed by atoms with van der Waals surface area (Å²) in [6.07, 6.45) is 43.0. The fraction of sp³-hybridized carbons (Fsp3) is 0.940. The van der Waals surface area contributed by atoms with E-state index in [1.165, 1.54) is 148 Å². The fourth-order valence-corrected chi connectivity index (χ4v) is 11.6. The molecule has 0 spiro atoms. The zero-order valence-corrected chi connectivity index (χ0v) is 57.4. The molecule has 510 valence electrons. The second-order valence-electron chi connectivity index (χ2n) is 25.2. The molecule has 86 heavy (non-hydrogen) atoms. The standard InChI is InChI=1S/C67H130O17P2/c1-7-9-11-13-15-17-19-21-25-31-37-43-49-64(69)77-55-62(83-67(72)52-46-40-33-27-23-22-24-29-35-41-47-59(3)4)57-81-85(73,74)79-53-61(68)54-80-86(75,76)82-58-63(56-78-65(70)50-44-38-34-28-30-36-42-48-60(5)6)84-66(71)51-45-39-32-26-20-18-16-14-12-10-8-2/h59-63,68H,7-58H2,1-6H3,(H,73,74)(H,75,76)/t61-,62-,63-/m1/s1. The molecule has 0 aromatic heterocycles. The molecule has 0 aromatic rings. The Kier molecular flexibility index (Phi) is 58.0. The van der Waals surface area contributed by atoms with Crippen LogP contribution >= 0.6 is 15.6 Å². The van der Waals surface area contributed by atoms with Gasteiger partial charge in [-0.3, -0.25) is 37.3 Å². The number of hydrogen-bond donors (Lipinski definition) is 3. The van der Waals surface area contributed by atoms with E-state index in [0.717, 1.165) is 102 Å². The van der Waals surface area contributed by atoms with Gasteiger partial charge in [-0.15, -0.1) is 0 Å². The molecular weight excluding hydrogens is 1140 g/mol. The number of unbranched alkanes of at least 4 members (excludes halogenated alkanes) is 36. The molecule has 0 aromatic carbocycles. The lowest BCUT2D eigenvalue weighted by Crippen LogP contribution is -2.30. The minimum absolute atomic E-state index is 0.106. The zero-order valence-electron chi connectivity index (χ0n) is 55.6. The van der Waals surface area contributed by atoms with E-state index in [2.05, 4.69) is 41.5 Å². The van der Waals surface area contributed by atoms with Crippen molar-refractivity contribution in [3.63, 3.8) is 0 Å². The predicted octanol–water partition coefficient (Wildman–Crippen LogP) is 18.8. The van der Waals surface area contributed by atoms with Gasteiger partial charge in [0.25, 0.3) is 0 Å². The molecule has 0 amide bonds. The van der Waals surface area contributed by atoms with Crippen LogP contribution in [-0.4, -0.2) is 96.7 Å². The number of phosphoric ester groups is 2. The molecule has 19 heteroatoms. The van der Waals surface area contributed by atoms with E-state index in [1.54, 1.807) is 0 Å². The van der Waals surface area contributed by atoms with Gasteiger partial charge in [-0.05, 0) is 37.5 Å². The Morgan fingerprint density at radius 2 is 0.535 bits per heavy atom. The lowest BCUT2D eigenvalue weighted by molar-refractivity contribution is -0.161. The molecule has 0 saturated carbocycles. The highest BCUT2D eigenvalue weighted by Crippen LogP contribution is 2.45. The Morgan fingerprint density at radius 3 is 0.791 bits per heavy atom. The Balaban J connectivity index is 5.25. The van der Waals surface area contributed by atoms with Crippen LogP contribution in [-0.2, 0) is 65.4 Å². The van der Waals surface area contributed by atoms with Gasteiger partial charge in [0.1, 0.15) is 19.3 Å². The molecule has 0 bridgehead atoms. The van der Waals surface area contributed by atoms with Crippen LogP contribution in [0.4, 0.5) is 0 Å². The SMILES string of the molecule is CCCCCCCCCCCCCCC(=O)OC[C@H](COP(=O)(O)OC[C@@H](O)COP(=O)(O)OC[C@@H](COC(=O)CCCCCCCCCC(C)C)OC(=O)CCCCCCCCCCCCC)OC(=O)CCCCCCCCCCCCC(C)C. The summed E-state index contributed by atoms with van der Waals surface area (Å²) in [5.41, 5.74) is 0. The Morgan fingerprint density at radius 1 is 0.314 bits per heavy atom. The highest BCUT2D eigenvalue weighted by molar-refractivity contribution is 7.47. The summed E-state index contributed by atoms with van der Waals surface area (Å²) in [5, 5.41) is 10.6. The van der Waals surface area contributed by atoms with E-state index >= 15 is 0 Å². The molecule has 0 aliphatic heterocycles. The number of carbonyl (C=O) groups is 4. The van der Waals surface area contributed by atoms with E-state index in [0.29, 0.717) is 31.6 Å². The fourth-order valence-electron chi connectivity index (χ4n) is 10.1. The summed E-state index contributed by atoms with van der Waals surface area (Å²) < 4.78 is 68.1.